The number of nitrogens with two attached hydrogens (primary N) is 1. The Kier molecular flexibility index (Phi) is 7.06. The van der Waals surface area contributed by atoms with Gasteiger partial charge in [-0.1, -0.05) is 0 Å². The molecule has 0 heterocycles. The van der Waals surface area contributed by atoms with E-state index < -0.39 is 5.54 Å². The molecule has 0 aromatic heterocycles. The zero-order valence-corrected chi connectivity index (χ0v) is 9.19. The lowest BCUT2D eigenvalue weighted by molar-refractivity contribution is 0.218. The molecular formula is C9H18N2OS. The molecule has 1 atom stereocenters. The summed E-state index contributed by atoms with van der Waals surface area (Å²) in [5, 5.41) is 8.63. The smallest absolute Gasteiger partial charge is 0.101 e. The van der Waals surface area contributed by atoms with Gasteiger partial charge in [0.2, 0.25) is 0 Å². The third-order valence-corrected chi connectivity index (χ3v) is 2.70. The molecule has 0 aromatic carbocycles. The van der Waals surface area contributed by atoms with E-state index in [1.54, 1.807) is 14.0 Å². The molecule has 0 radical (unpaired) electrons. The summed E-state index contributed by atoms with van der Waals surface area (Å²) in [5.41, 5.74) is 5.01. The minimum Gasteiger partial charge on any atom is -0.384 e. The van der Waals surface area contributed by atoms with Crippen LogP contribution in [0.2, 0.25) is 0 Å². The largest absolute Gasteiger partial charge is 0.384 e. The molecule has 0 saturated carbocycles. The highest BCUT2D eigenvalue weighted by atomic mass is 32.2. The van der Waals surface area contributed by atoms with Gasteiger partial charge >= 0.3 is 0 Å². The van der Waals surface area contributed by atoms with Crippen LogP contribution in [0.5, 0.6) is 0 Å². The van der Waals surface area contributed by atoms with E-state index in [2.05, 4.69) is 6.07 Å². The Hall–Kier alpha value is -0.240. The van der Waals surface area contributed by atoms with E-state index in [0.29, 0.717) is 0 Å². The van der Waals surface area contributed by atoms with Crippen LogP contribution in [-0.2, 0) is 4.74 Å². The standard InChI is InChI=1S/C9H18N2OS/c1-9(11,8-10)4-3-6-13-7-5-12-2/h3-7,11H2,1-2H3. The molecule has 2 N–H and O–H groups in total. The van der Waals surface area contributed by atoms with Gasteiger partial charge in [-0.25, -0.2) is 0 Å². The molecule has 0 fully saturated rings. The summed E-state index contributed by atoms with van der Waals surface area (Å²) in [7, 11) is 1.70. The third kappa shape index (κ3) is 8.10. The fraction of sp³-hybridized carbons (Fsp3) is 0.889. The van der Waals surface area contributed by atoms with Crippen molar-refractivity contribution in [1.82, 2.24) is 0 Å². The van der Waals surface area contributed by atoms with Gasteiger partial charge in [-0.3, -0.25) is 0 Å². The van der Waals surface area contributed by atoms with Crippen LogP contribution in [0.15, 0.2) is 0 Å². The van der Waals surface area contributed by atoms with E-state index in [1.165, 1.54) is 0 Å². The van der Waals surface area contributed by atoms with Crippen molar-refractivity contribution in [2.45, 2.75) is 25.3 Å². The van der Waals surface area contributed by atoms with Crippen LogP contribution in [0.25, 0.3) is 0 Å². The van der Waals surface area contributed by atoms with E-state index in [0.717, 1.165) is 31.0 Å². The number of nitrogens with zero attached hydrogens (tertiary/aromatic N) is 1. The van der Waals surface area contributed by atoms with Crippen molar-refractivity contribution >= 4 is 11.8 Å². The Morgan fingerprint density at radius 2 is 2.23 bits per heavy atom. The van der Waals surface area contributed by atoms with Gasteiger partial charge in [0, 0.05) is 12.9 Å². The van der Waals surface area contributed by atoms with Crippen LogP contribution in [0, 0.1) is 11.3 Å². The Balaban J connectivity index is 3.22. The van der Waals surface area contributed by atoms with Gasteiger partial charge in [-0.05, 0) is 25.5 Å². The predicted molar refractivity (Wildman–Crippen MR) is 56.6 cm³/mol. The first-order chi connectivity index (χ1) is 6.12. The number of thioether (sulfide) groups is 1. The van der Waals surface area contributed by atoms with Crippen molar-refractivity contribution in [3.8, 4) is 6.07 Å². The molecule has 1 unspecified atom stereocenters. The highest BCUT2D eigenvalue weighted by Crippen LogP contribution is 2.11. The van der Waals surface area contributed by atoms with E-state index in [1.807, 2.05) is 11.8 Å². The minimum absolute atomic E-state index is 0.651. The van der Waals surface area contributed by atoms with Crippen LogP contribution >= 0.6 is 11.8 Å². The van der Waals surface area contributed by atoms with Crippen LogP contribution in [0.4, 0.5) is 0 Å². The summed E-state index contributed by atoms with van der Waals surface area (Å²) < 4.78 is 4.91. The molecular weight excluding hydrogens is 184 g/mol. The van der Waals surface area contributed by atoms with Gasteiger partial charge in [0.1, 0.15) is 5.54 Å². The average molecular weight is 202 g/mol. The minimum atomic E-state index is -0.651. The number of nitriles is 1. The first kappa shape index (κ1) is 12.8. The second-order valence-electron chi connectivity index (χ2n) is 3.24. The quantitative estimate of drug-likeness (QED) is 0.634. The SMILES string of the molecule is COCCSCCCC(C)(N)C#N. The highest BCUT2D eigenvalue weighted by molar-refractivity contribution is 7.99. The van der Waals surface area contributed by atoms with Crippen molar-refractivity contribution in [1.29, 1.82) is 5.26 Å². The van der Waals surface area contributed by atoms with Crippen molar-refractivity contribution < 1.29 is 4.74 Å². The Morgan fingerprint density at radius 1 is 1.54 bits per heavy atom. The fourth-order valence-electron chi connectivity index (χ4n) is 0.842. The maximum Gasteiger partial charge on any atom is 0.101 e. The van der Waals surface area contributed by atoms with E-state index in [4.69, 9.17) is 15.7 Å². The third-order valence-electron chi connectivity index (χ3n) is 1.67. The normalized spacial score (nSPS) is 14.9. The molecule has 0 amide bonds. The van der Waals surface area contributed by atoms with Gasteiger partial charge in [0.05, 0.1) is 12.7 Å². The Labute approximate surface area is 84.6 Å². The van der Waals surface area contributed by atoms with E-state index in [9.17, 15) is 0 Å². The molecule has 0 rings (SSSR count). The maximum absolute atomic E-state index is 8.63. The summed E-state index contributed by atoms with van der Waals surface area (Å²) in [6.45, 7) is 2.57. The van der Waals surface area contributed by atoms with Gasteiger partial charge in [0.25, 0.3) is 0 Å². The lowest BCUT2D eigenvalue weighted by Crippen LogP contribution is -2.33. The van der Waals surface area contributed by atoms with E-state index >= 15 is 0 Å². The first-order valence-corrected chi connectivity index (χ1v) is 5.54. The molecule has 0 bridgehead atoms. The lowest BCUT2D eigenvalue weighted by Gasteiger charge is -2.14. The molecule has 0 spiro atoms. The summed E-state index contributed by atoms with van der Waals surface area (Å²) >= 11 is 1.84. The zero-order chi connectivity index (χ0) is 10.2. The highest BCUT2D eigenvalue weighted by Gasteiger charge is 2.15. The van der Waals surface area contributed by atoms with Crippen LogP contribution < -0.4 is 5.73 Å². The second-order valence-corrected chi connectivity index (χ2v) is 4.46. The average Bonchev–Trinajstić information content (AvgIpc) is 2.11. The van der Waals surface area contributed by atoms with E-state index in [-0.39, 0.29) is 0 Å². The van der Waals surface area contributed by atoms with Crippen molar-refractivity contribution in [2.24, 2.45) is 5.73 Å². The monoisotopic (exact) mass is 202 g/mol. The molecule has 0 aromatic rings. The molecule has 4 heteroatoms. The van der Waals surface area contributed by atoms with Crippen LogP contribution in [0.3, 0.4) is 0 Å². The first-order valence-electron chi connectivity index (χ1n) is 4.39. The lowest BCUT2D eigenvalue weighted by atomic mass is 10.0. The fourth-order valence-corrected chi connectivity index (χ4v) is 1.68. The van der Waals surface area contributed by atoms with Gasteiger partial charge in [0.15, 0.2) is 0 Å². The summed E-state index contributed by atoms with van der Waals surface area (Å²) in [6, 6.07) is 2.09. The zero-order valence-electron chi connectivity index (χ0n) is 8.38. The number of hydrogen-bond acceptors (Lipinski definition) is 4. The molecule has 76 valence electrons. The number of methoxy groups -OCH3 is 1. The molecule has 0 aliphatic rings. The maximum atomic E-state index is 8.63. The van der Waals surface area contributed by atoms with Gasteiger partial charge < -0.3 is 10.5 Å². The van der Waals surface area contributed by atoms with Crippen LogP contribution in [-0.4, -0.2) is 30.8 Å². The molecule has 13 heavy (non-hydrogen) atoms. The molecule has 0 aliphatic carbocycles. The number of rotatable bonds is 7. The van der Waals surface area contributed by atoms with Crippen molar-refractivity contribution in [2.75, 3.05) is 25.2 Å². The molecule has 3 nitrogen and oxygen atoms in total. The Bertz CT molecular complexity index is 165. The molecule has 0 saturated heterocycles. The van der Waals surface area contributed by atoms with Gasteiger partial charge in [-0.2, -0.15) is 17.0 Å². The van der Waals surface area contributed by atoms with Crippen molar-refractivity contribution in [3.05, 3.63) is 0 Å². The second kappa shape index (κ2) is 7.19. The number of ether oxygens (including phenoxy) is 1. The summed E-state index contributed by atoms with van der Waals surface area (Å²) in [4.78, 5) is 0. The predicted octanol–water partition coefficient (Wildman–Crippen LogP) is 1.39. The summed E-state index contributed by atoms with van der Waals surface area (Å²) in [6.07, 6.45) is 1.76. The molecule has 0 aliphatic heterocycles. The topological polar surface area (TPSA) is 59.0 Å². The Morgan fingerprint density at radius 3 is 2.77 bits per heavy atom. The van der Waals surface area contributed by atoms with Crippen molar-refractivity contribution in [3.63, 3.8) is 0 Å². The number of hydrogen-bond donors (Lipinski definition) is 1. The van der Waals surface area contributed by atoms with Gasteiger partial charge in [-0.15, -0.1) is 0 Å². The summed E-state index contributed by atoms with van der Waals surface area (Å²) in [5.74, 6) is 2.07. The van der Waals surface area contributed by atoms with Crippen LogP contribution in [0.1, 0.15) is 19.8 Å².